The molecule has 4 nitrogen and oxygen atoms in total. The molecular weight excluding hydrogens is 258 g/mol. The number of carbonyl (C=O) groups excluding carboxylic acids is 1. The van der Waals surface area contributed by atoms with Crippen LogP contribution in [0.3, 0.4) is 0 Å². The highest BCUT2D eigenvalue weighted by atomic mass is 32.1. The largest absolute Gasteiger partial charge is 0.389 e. The lowest BCUT2D eigenvalue weighted by molar-refractivity contribution is 0.0930. The Bertz CT molecular complexity index is 445. The number of nitrogens with zero attached hydrogens (tertiary/aromatic N) is 1. The van der Waals surface area contributed by atoms with E-state index in [1.54, 1.807) is 12.1 Å². The SMILES string of the molecule is CCC(C)CC(C)NC(=O)c1ccc(C(N)=S)cn1. The smallest absolute Gasteiger partial charge is 0.270 e. The van der Waals surface area contributed by atoms with E-state index >= 15 is 0 Å². The first-order valence-electron chi connectivity index (χ1n) is 6.50. The molecule has 0 aromatic carbocycles. The van der Waals surface area contributed by atoms with Gasteiger partial charge in [-0.25, -0.2) is 0 Å². The third-order valence-corrected chi connectivity index (χ3v) is 3.35. The van der Waals surface area contributed by atoms with Crippen molar-refractivity contribution < 1.29 is 4.79 Å². The minimum Gasteiger partial charge on any atom is -0.389 e. The number of amides is 1. The summed E-state index contributed by atoms with van der Waals surface area (Å²) in [6, 6.07) is 3.49. The van der Waals surface area contributed by atoms with Crippen molar-refractivity contribution in [2.45, 2.75) is 39.7 Å². The Morgan fingerprint density at radius 3 is 2.63 bits per heavy atom. The quantitative estimate of drug-likeness (QED) is 0.784. The summed E-state index contributed by atoms with van der Waals surface area (Å²) in [4.78, 5) is 16.3. The van der Waals surface area contributed by atoms with Crippen LogP contribution in [0.4, 0.5) is 0 Å². The fourth-order valence-electron chi connectivity index (χ4n) is 1.80. The van der Waals surface area contributed by atoms with Gasteiger partial charge in [0.15, 0.2) is 0 Å². The molecule has 0 saturated carbocycles. The van der Waals surface area contributed by atoms with Crippen LogP contribution >= 0.6 is 12.2 Å². The van der Waals surface area contributed by atoms with Crippen LogP contribution in [-0.2, 0) is 0 Å². The van der Waals surface area contributed by atoms with Gasteiger partial charge < -0.3 is 11.1 Å². The molecule has 1 rings (SSSR count). The Balaban J connectivity index is 2.60. The fourth-order valence-corrected chi connectivity index (χ4v) is 1.92. The van der Waals surface area contributed by atoms with Gasteiger partial charge in [0.2, 0.25) is 0 Å². The second kappa shape index (κ2) is 7.19. The molecule has 0 saturated heterocycles. The van der Waals surface area contributed by atoms with Crippen LogP contribution in [-0.4, -0.2) is 21.9 Å². The number of pyridine rings is 1. The lowest BCUT2D eigenvalue weighted by atomic mass is 10.0. The molecule has 19 heavy (non-hydrogen) atoms. The van der Waals surface area contributed by atoms with E-state index in [2.05, 4.69) is 24.1 Å². The first kappa shape index (κ1) is 15.6. The van der Waals surface area contributed by atoms with E-state index in [1.165, 1.54) is 6.20 Å². The first-order valence-corrected chi connectivity index (χ1v) is 6.91. The summed E-state index contributed by atoms with van der Waals surface area (Å²) < 4.78 is 0. The molecule has 0 radical (unpaired) electrons. The third-order valence-electron chi connectivity index (χ3n) is 3.11. The Labute approximate surface area is 119 Å². The predicted octanol–water partition coefficient (Wildman–Crippen LogP) is 2.27. The summed E-state index contributed by atoms with van der Waals surface area (Å²) in [6.07, 6.45) is 3.60. The number of rotatable bonds is 6. The van der Waals surface area contributed by atoms with Gasteiger partial charge in [-0.15, -0.1) is 0 Å². The van der Waals surface area contributed by atoms with Crippen LogP contribution in [0.15, 0.2) is 18.3 Å². The molecule has 1 aromatic rings. The topological polar surface area (TPSA) is 68.0 Å². The zero-order valence-corrected chi connectivity index (χ0v) is 12.5. The minimum absolute atomic E-state index is 0.138. The standard InChI is InChI=1S/C14H21N3OS/c1-4-9(2)7-10(3)17-14(18)12-6-5-11(8-16-12)13(15)19/h5-6,8-10H,4,7H2,1-3H3,(H2,15,19)(H,17,18). The zero-order chi connectivity index (χ0) is 14.4. The van der Waals surface area contributed by atoms with Crippen LogP contribution < -0.4 is 11.1 Å². The lowest BCUT2D eigenvalue weighted by Gasteiger charge is -2.17. The maximum atomic E-state index is 12.0. The molecule has 3 N–H and O–H groups in total. The van der Waals surface area contributed by atoms with Gasteiger partial charge >= 0.3 is 0 Å². The second-order valence-corrected chi connectivity index (χ2v) is 5.36. The average molecular weight is 279 g/mol. The van der Waals surface area contributed by atoms with Crippen molar-refractivity contribution in [3.05, 3.63) is 29.6 Å². The van der Waals surface area contributed by atoms with E-state index in [4.69, 9.17) is 18.0 Å². The Morgan fingerprint density at radius 1 is 1.47 bits per heavy atom. The maximum absolute atomic E-state index is 12.0. The number of thiocarbonyl (C=S) groups is 1. The second-order valence-electron chi connectivity index (χ2n) is 4.92. The van der Waals surface area contributed by atoms with Crippen molar-refractivity contribution in [1.82, 2.24) is 10.3 Å². The van der Waals surface area contributed by atoms with Gasteiger partial charge in [0, 0.05) is 17.8 Å². The molecule has 1 heterocycles. The summed E-state index contributed by atoms with van der Waals surface area (Å²) in [5, 5.41) is 2.94. The van der Waals surface area contributed by atoms with E-state index in [1.807, 2.05) is 6.92 Å². The molecule has 0 aliphatic carbocycles. The van der Waals surface area contributed by atoms with Crippen molar-refractivity contribution in [2.75, 3.05) is 0 Å². The average Bonchev–Trinajstić information content (AvgIpc) is 2.38. The van der Waals surface area contributed by atoms with Crippen molar-refractivity contribution in [3.63, 3.8) is 0 Å². The molecule has 5 heteroatoms. The van der Waals surface area contributed by atoms with E-state index in [0.717, 1.165) is 12.8 Å². The summed E-state index contributed by atoms with van der Waals surface area (Å²) in [6.45, 7) is 6.33. The molecule has 2 atom stereocenters. The van der Waals surface area contributed by atoms with Crippen LogP contribution in [0.2, 0.25) is 0 Å². The number of nitrogens with two attached hydrogens (primary N) is 1. The molecule has 2 unspecified atom stereocenters. The van der Waals surface area contributed by atoms with Gasteiger partial charge in [-0.1, -0.05) is 32.5 Å². The van der Waals surface area contributed by atoms with E-state index in [9.17, 15) is 4.79 Å². The zero-order valence-electron chi connectivity index (χ0n) is 11.6. The maximum Gasteiger partial charge on any atom is 0.270 e. The molecule has 104 valence electrons. The Hall–Kier alpha value is -1.49. The van der Waals surface area contributed by atoms with Gasteiger partial charge in [0.1, 0.15) is 10.7 Å². The van der Waals surface area contributed by atoms with Crippen molar-refractivity contribution in [2.24, 2.45) is 11.7 Å². The molecule has 1 aromatic heterocycles. The van der Waals surface area contributed by atoms with Gasteiger partial charge in [-0.3, -0.25) is 9.78 Å². The van der Waals surface area contributed by atoms with Crippen LogP contribution in [0.1, 0.15) is 49.7 Å². The molecule has 0 bridgehead atoms. The minimum atomic E-state index is -0.162. The third kappa shape index (κ3) is 4.95. The van der Waals surface area contributed by atoms with E-state index in [-0.39, 0.29) is 16.9 Å². The number of aromatic nitrogens is 1. The van der Waals surface area contributed by atoms with Gasteiger partial charge in [0.05, 0.1) is 0 Å². The molecule has 1 amide bonds. The predicted molar refractivity (Wildman–Crippen MR) is 81.1 cm³/mol. The fraction of sp³-hybridized carbons (Fsp3) is 0.500. The molecule has 0 fully saturated rings. The first-order chi connectivity index (χ1) is 8.93. The summed E-state index contributed by atoms with van der Waals surface area (Å²) >= 11 is 4.84. The summed E-state index contributed by atoms with van der Waals surface area (Å²) in [7, 11) is 0. The van der Waals surface area contributed by atoms with Crippen molar-refractivity contribution in [1.29, 1.82) is 0 Å². The lowest BCUT2D eigenvalue weighted by Crippen LogP contribution is -2.34. The Morgan fingerprint density at radius 2 is 2.16 bits per heavy atom. The van der Waals surface area contributed by atoms with Crippen LogP contribution in [0.5, 0.6) is 0 Å². The highest BCUT2D eigenvalue weighted by molar-refractivity contribution is 7.80. The van der Waals surface area contributed by atoms with Gasteiger partial charge in [-0.05, 0) is 31.4 Å². The Kier molecular flexibility index (Phi) is 5.89. The molecule has 0 aliphatic heterocycles. The number of hydrogen-bond acceptors (Lipinski definition) is 3. The van der Waals surface area contributed by atoms with Gasteiger partial charge in [-0.2, -0.15) is 0 Å². The van der Waals surface area contributed by atoms with Crippen LogP contribution in [0.25, 0.3) is 0 Å². The highest BCUT2D eigenvalue weighted by Gasteiger charge is 2.13. The summed E-state index contributed by atoms with van der Waals surface area (Å²) in [5.74, 6) is 0.436. The highest BCUT2D eigenvalue weighted by Crippen LogP contribution is 2.10. The van der Waals surface area contributed by atoms with E-state index < -0.39 is 0 Å². The normalized spacial score (nSPS) is 13.6. The number of carbonyl (C=O) groups is 1. The number of hydrogen-bond donors (Lipinski definition) is 2. The summed E-state index contributed by atoms with van der Waals surface area (Å²) in [5.41, 5.74) is 6.53. The molecule has 0 aliphatic rings. The van der Waals surface area contributed by atoms with Crippen molar-refractivity contribution >= 4 is 23.1 Å². The van der Waals surface area contributed by atoms with Gasteiger partial charge in [0.25, 0.3) is 5.91 Å². The van der Waals surface area contributed by atoms with Crippen molar-refractivity contribution in [3.8, 4) is 0 Å². The number of nitrogens with one attached hydrogen (secondary N) is 1. The molecule has 0 spiro atoms. The molecular formula is C14H21N3OS. The monoisotopic (exact) mass is 279 g/mol. The van der Waals surface area contributed by atoms with E-state index in [0.29, 0.717) is 17.2 Å². The van der Waals surface area contributed by atoms with Crippen LogP contribution in [0, 0.1) is 5.92 Å².